The molecule has 0 radical (unpaired) electrons. The Labute approximate surface area is 98.8 Å². The van der Waals surface area contributed by atoms with Crippen molar-refractivity contribution in [2.24, 2.45) is 0 Å². The second-order valence-electron chi connectivity index (χ2n) is 5.16. The summed E-state index contributed by atoms with van der Waals surface area (Å²) in [7, 11) is 0. The molecule has 16 heavy (non-hydrogen) atoms. The molecule has 1 saturated carbocycles. The Morgan fingerprint density at radius 3 is 2.56 bits per heavy atom. The molecular weight excluding hydrogens is 202 g/mol. The smallest absolute Gasteiger partial charge is 0.0599 e. The fourth-order valence-electron chi connectivity index (χ4n) is 3.11. The molecule has 1 saturated heterocycles. The van der Waals surface area contributed by atoms with Crippen molar-refractivity contribution >= 4 is 0 Å². The molecule has 0 bridgehead atoms. The fourth-order valence-corrected chi connectivity index (χ4v) is 3.11. The van der Waals surface area contributed by atoms with E-state index in [-0.39, 0.29) is 6.10 Å². The molecule has 1 heterocycles. The van der Waals surface area contributed by atoms with Crippen LogP contribution >= 0.6 is 0 Å². The summed E-state index contributed by atoms with van der Waals surface area (Å²) in [6.07, 6.45) is 7.22. The first-order chi connectivity index (χ1) is 7.79. The Morgan fingerprint density at radius 2 is 1.94 bits per heavy atom. The third-order valence-electron chi connectivity index (χ3n) is 4.01. The van der Waals surface area contributed by atoms with Gasteiger partial charge in [-0.2, -0.15) is 0 Å². The molecule has 1 N–H and O–H groups in total. The van der Waals surface area contributed by atoms with E-state index in [1.165, 1.54) is 25.7 Å². The standard InChI is InChI=1S/C13H25NO2/c1-2-16-13-6-8-14(9-7-13)11-4-3-5-12(15)10-11/h11-13,15H,2-10H2,1H3. The Morgan fingerprint density at radius 1 is 1.19 bits per heavy atom. The van der Waals surface area contributed by atoms with Gasteiger partial charge in [0, 0.05) is 25.7 Å². The fraction of sp³-hybridized carbons (Fsp3) is 1.00. The van der Waals surface area contributed by atoms with Gasteiger partial charge in [-0.3, -0.25) is 0 Å². The minimum absolute atomic E-state index is 0.0524. The third-order valence-corrected chi connectivity index (χ3v) is 4.01. The first-order valence-electron chi connectivity index (χ1n) is 6.83. The van der Waals surface area contributed by atoms with Crippen LogP contribution in [0.1, 0.15) is 45.4 Å². The van der Waals surface area contributed by atoms with E-state index < -0.39 is 0 Å². The van der Waals surface area contributed by atoms with Crippen molar-refractivity contribution < 1.29 is 9.84 Å². The van der Waals surface area contributed by atoms with Gasteiger partial charge in [-0.25, -0.2) is 0 Å². The van der Waals surface area contributed by atoms with Gasteiger partial charge in [0.05, 0.1) is 12.2 Å². The highest BCUT2D eigenvalue weighted by molar-refractivity contribution is 4.83. The Bertz CT molecular complexity index is 202. The average molecular weight is 227 g/mol. The van der Waals surface area contributed by atoms with Gasteiger partial charge in [0.1, 0.15) is 0 Å². The maximum atomic E-state index is 9.70. The van der Waals surface area contributed by atoms with E-state index in [0.717, 1.165) is 32.5 Å². The van der Waals surface area contributed by atoms with Crippen LogP contribution in [0.3, 0.4) is 0 Å². The van der Waals surface area contributed by atoms with E-state index in [0.29, 0.717) is 12.1 Å². The van der Waals surface area contributed by atoms with Crippen LogP contribution in [0, 0.1) is 0 Å². The Balaban J connectivity index is 1.75. The molecule has 0 spiro atoms. The summed E-state index contributed by atoms with van der Waals surface area (Å²) in [6.45, 7) is 5.22. The van der Waals surface area contributed by atoms with Crippen LogP contribution in [0.2, 0.25) is 0 Å². The first-order valence-corrected chi connectivity index (χ1v) is 6.83. The molecule has 0 aromatic heterocycles. The number of hydrogen-bond acceptors (Lipinski definition) is 3. The van der Waals surface area contributed by atoms with Crippen molar-refractivity contribution in [3.8, 4) is 0 Å². The summed E-state index contributed by atoms with van der Waals surface area (Å²) >= 11 is 0. The number of piperidine rings is 1. The number of nitrogens with zero attached hydrogens (tertiary/aromatic N) is 1. The number of hydrogen-bond donors (Lipinski definition) is 1. The summed E-state index contributed by atoms with van der Waals surface area (Å²) in [5.74, 6) is 0. The van der Waals surface area contributed by atoms with Gasteiger partial charge in [0.25, 0.3) is 0 Å². The number of aliphatic hydroxyl groups excluding tert-OH is 1. The van der Waals surface area contributed by atoms with Crippen LogP contribution in [0.25, 0.3) is 0 Å². The third kappa shape index (κ3) is 3.19. The highest BCUT2D eigenvalue weighted by Gasteiger charge is 2.28. The van der Waals surface area contributed by atoms with E-state index in [4.69, 9.17) is 4.74 Å². The van der Waals surface area contributed by atoms with Gasteiger partial charge in [-0.05, 0) is 45.4 Å². The Hall–Kier alpha value is -0.120. The zero-order valence-corrected chi connectivity index (χ0v) is 10.4. The van der Waals surface area contributed by atoms with E-state index in [1.54, 1.807) is 0 Å². The highest BCUT2D eigenvalue weighted by atomic mass is 16.5. The van der Waals surface area contributed by atoms with Crippen molar-refractivity contribution in [1.82, 2.24) is 4.90 Å². The first kappa shape index (κ1) is 12.3. The predicted octanol–water partition coefficient (Wildman–Crippen LogP) is 1.79. The van der Waals surface area contributed by atoms with Crippen LogP contribution in [0.15, 0.2) is 0 Å². The number of likely N-dealkylation sites (tertiary alicyclic amines) is 1. The summed E-state index contributed by atoms with van der Waals surface area (Å²) in [5, 5.41) is 9.70. The van der Waals surface area contributed by atoms with Crippen molar-refractivity contribution in [3.05, 3.63) is 0 Å². The summed E-state index contributed by atoms with van der Waals surface area (Å²) in [6, 6.07) is 0.631. The topological polar surface area (TPSA) is 32.7 Å². The SMILES string of the molecule is CCOC1CCN(C2CCCC(O)C2)CC1. The van der Waals surface area contributed by atoms with Crippen LogP contribution < -0.4 is 0 Å². The minimum Gasteiger partial charge on any atom is -0.393 e. The predicted molar refractivity (Wildman–Crippen MR) is 64.5 cm³/mol. The molecule has 1 aliphatic heterocycles. The number of rotatable bonds is 3. The van der Waals surface area contributed by atoms with Gasteiger partial charge < -0.3 is 14.7 Å². The second kappa shape index (κ2) is 5.99. The maximum Gasteiger partial charge on any atom is 0.0599 e. The van der Waals surface area contributed by atoms with Crippen LogP contribution in [0.4, 0.5) is 0 Å². The van der Waals surface area contributed by atoms with E-state index >= 15 is 0 Å². The molecule has 2 rings (SSSR count). The zero-order valence-electron chi connectivity index (χ0n) is 10.4. The second-order valence-corrected chi connectivity index (χ2v) is 5.16. The van der Waals surface area contributed by atoms with Gasteiger partial charge in [0.2, 0.25) is 0 Å². The van der Waals surface area contributed by atoms with E-state index in [2.05, 4.69) is 11.8 Å². The molecule has 94 valence electrons. The molecule has 0 aromatic rings. The van der Waals surface area contributed by atoms with Gasteiger partial charge in [0.15, 0.2) is 0 Å². The molecule has 2 unspecified atom stereocenters. The Kier molecular flexibility index (Phi) is 4.62. The van der Waals surface area contributed by atoms with Crippen LogP contribution in [-0.2, 0) is 4.74 Å². The molecular formula is C13H25NO2. The lowest BCUT2D eigenvalue weighted by atomic mass is 9.90. The van der Waals surface area contributed by atoms with Gasteiger partial charge in [-0.1, -0.05) is 0 Å². The normalized spacial score (nSPS) is 34.1. The van der Waals surface area contributed by atoms with Crippen LogP contribution in [-0.4, -0.2) is 48.0 Å². The zero-order chi connectivity index (χ0) is 11.4. The van der Waals surface area contributed by atoms with Crippen molar-refractivity contribution in [2.75, 3.05) is 19.7 Å². The summed E-state index contributed by atoms with van der Waals surface area (Å²) < 4.78 is 5.66. The summed E-state index contributed by atoms with van der Waals surface area (Å²) in [4.78, 5) is 2.57. The molecule has 0 amide bonds. The minimum atomic E-state index is -0.0524. The van der Waals surface area contributed by atoms with Crippen molar-refractivity contribution in [2.45, 2.75) is 63.7 Å². The lowest BCUT2D eigenvalue weighted by Gasteiger charge is -2.40. The molecule has 3 heteroatoms. The van der Waals surface area contributed by atoms with Crippen LogP contribution in [0.5, 0.6) is 0 Å². The largest absolute Gasteiger partial charge is 0.393 e. The lowest BCUT2D eigenvalue weighted by Crippen LogP contribution is -2.46. The maximum absolute atomic E-state index is 9.70. The molecule has 0 aromatic carbocycles. The molecule has 2 fully saturated rings. The van der Waals surface area contributed by atoms with E-state index in [1.807, 2.05) is 0 Å². The molecule has 2 aliphatic rings. The quantitative estimate of drug-likeness (QED) is 0.798. The summed E-state index contributed by atoms with van der Waals surface area (Å²) in [5.41, 5.74) is 0. The lowest BCUT2D eigenvalue weighted by molar-refractivity contribution is -0.0112. The van der Waals surface area contributed by atoms with Gasteiger partial charge in [-0.15, -0.1) is 0 Å². The van der Waals surface area contributed by atoms with Crippen molar-refractivity contribution in [3.63, 3.8) is 0 Å². The average Bonchev–Trinajstić information content (AvgIpc) is 2.30. The number of aliphatic hydroxyl groups is 1. The monoisotopic (exact) mass is 227 g/mol. The van der Waals surface area contributed by atoms with E-state index in [9.17, 15) is 5.11 Å². The molecule has 3 nitrogen and oxygen atoms in total. The number of ether oxygens (including phenoxy) is 1. The molecule has 1 aliphatic carbocycles. The molecule has 2 atom stereocenters. The van der Waals surface area contributed by atoms with Crippen molar-refractivity contribution in [1.29, 1.82) is 0 Å². The highest BCUT2D eigenvalue weighted by Crippen LogP contribution is 2.26. The van der Waals surface area contributed by atoms with Gasteiger partial charge >= 0.3 is 0 Å².